The summed E-state index contributed by atoms with van der Waals surface area (Å²) in [6.45, 7) is 2.24. The molecule has 0 aliphatic heterocycles. The molecule has 0 bridgehead atoms. The second-order valence-corrected chi connectivity index (χ2v) is 5.71. The fourth-order valence-corrected chi connectivity index (χ4v) is 2.91. The first-order valence-electron chi connectivity index (χ1n) is 7.92. The quantitative estimate of drug-likeness (QED) is 0.486. The molecule has 0 unspecified atom stereocenters. The van der Waals surface area contributed by atoms with E-state index in [1.54, 1.807) is 10.6 Å². The summed E-state index contributed by atoms with van der Waals surface area (Å²) in [7, 11) is 1.51. The smallest absolute Gasteiger partial charge is 0.329 e. The highest BCUT2D eigenvalue weighted by atomic mass is 16.3. The molecule has 3 heterocycles. The lowest BCUT2D eigenvalue weighted by molar-refractivity contribution is 0.459. The number of nitrogens with one attached hydrogen (secondary N) is 2. The van der Waals surface area contributed by atoms with E-state index >= 15 is 0 Å². The number of fused-ring (bicyclic) bond motifs is 2. The maximum absolute atomic E-state index is 12.2. The van der Waals surface area contributed by atoms with Crippen LogP contribution in [0.25, 0.3) is 22.1 Å². The number of H-pyrrole nitrogens is 2. The molecule has 0 aliphatic carbocycles. The van der Waals surface area contributed by atoms with E-state index in [1.165, 1.54) is 11.6 Å². The molecule has 1 aromatic carbocycles. The molecular formula is C16H15N7O3. The van der Waals surface area contributed by atoms with E-state index in [9.17, 15) is 14.7 Å². The summed E-state index contributed by atoms with van der Waals surface area (Å²) in [6.07, 6.45) is 0. The lowest BCUT2D eigenvalue weighted by Crippen LogP contribution is -2.29. The Hall–Kier alpha value is -3.69. The summed E-state index contributed by atoms with van der Waals surface area (Å²) in [6, 6.07) is 7.27. The van der Waals surface area contributed by atoms with Gasteiger partial charge in [-0.1, -0.05) is 18.2 Å². The Morgan fingerprint density at radius 1 is 1.19 bits per heavy atom. The third-order valence-electron chi connectivity index (χ3n) is 4.20. The molecule has 0 saturated carbocycles. The van der Waals surface area contributed by atoms with E-state index in [0.717, 1.165) is 5.52 Å². The van der Waals surface area contributed by atoms with Crippen molar-refractivity contribution in [3.05, 3.63) is 45.1 Å². The van der Waals surface area contributed by atoms with E-state index in [0.29, 0.717) is 11.9 Å². The molecule has 26 heavy (non-hydrogen) atoms. The van der Waals surface area contributed by atoms with E-state index in [4.69, 9.17) is 0 Å². The largest absolute Gasteiger partial charge is 0.493 e. The van der Waals surface area contributed by atoms with Crippen LogP contribution in [-0.4, -0.2) is 29.2 Å². The molecule has 3 aromatic heterocycles. The fourth-order valence-electron chi connectivity index (χ4n) is 2.91. The number of rotatable bonds is 3. The molecule has 4 rings (SSSR count). The molecule has 0 radical (unpaired) electrons. The van der Waals surface area contributed by atoms with Gasteiger partial charge in [-0.2, -0.15) is 4.98 Å². The second-order valence-electron chi connectivity index (χ2n) is 5.71. The van der Waals surface area contributed by atoms with Gasteiger partial charge < -0.3 is 14.7 Å². The van der Waals surface area contributed by atoms with E-state index in [1.807, 2.05) is 25.1 Å². The molecule has 0 fully saturated rings. The van der Waals surface area contributed by atoms with Crippen molar-refractivity contribution in [1.82, 2.24) is 24.1 Å². The Morgan fingerprint density at radius 3 is 2.73 bits per heavy atom. The van der Waals surface area contributed by atoms with Crippen LogP contribution in [0, 0.1) is 0 Å². The highest BCUT2D eigenvalue weighted by Gasteiger charge is 2.17. The van der Waals surface area contributed by atoms with Gasteiger partial charge in [0.2, 0.25) is 5.88 Å². The van der Waals surface area contributed by atoms with Gasteiger partial charge >= 0.3 is 5.69 Å². The molecule has 0 amide bonds. The van der Waals surface area contributed by atoms with Crippen LogP contribution in [0.1, 0.15) is 6.92 Å². The van der Waals surface area contributed by atoms with Gasteiger partial charge in [0.15, 0.2) is 16.9 Å². The highest BCUT2D eigenvalue weighted by molar-refractivity contribution is 5.94. The van der Waals surface area contributed by atoms with Gasteiger partial charge in [0, 0.05) is 19.0 Å². The topological polar surface area (TPSA) is 133 Å². The lowest BCUT2D eigenvalue weighted by atomic mass is 10.2. The van der Waals surface area contributed by atoms with Gasteiger partial charge in [0.1, 0.15) is 0 Å². The van der Waals surface area contributed by atoms with Crippen molar-refractivity contribution >= 4 is 33.7 Å². The SMILES string of the molecule is CCn1c(N=Nc2c(O)[nH]c3ccccc23)nc2c1c(=O)[nH]c(=O)n2C. The number of imidazole rings is 1. The predicted octanol–water partition coefficient (Wildman–Crippen LogP) is 2.05. The Labute approximate surface area is 145 Å². The molecule has 0 saturated heterocycles. The summed E-state index contributed by atoms with van der Waals surface area (Å²) in [5, 5.41) is 19.0. The summed E-state index contributed by atoms with van der Waals surface area (Å²) in [5.41, 5.74) is 0.374. The van der Waals surface area contributed by atoms with Crippen molar-refractivity contribution in [1.29, 1.82) is 0 Å². The number of hydrogen-bond donors (Lipinski definition) is 3. The normalized spacial score (nSPS) is 11.9. The first-order chi connectivity index (χ1) is 12.5. The number of benzene rings is 1. The van der Waals surface area contributed by atoms with E-state index < -0.39 is 11.2 Å². The number of aryl methyl sites for hydroxylation is 2. The van der Waals surface area contributed by atoms with Crippen molar-refractivity contribution in [2.75, 3.05) is 0 Å². The van der Waals surface area contributed by atoms with Crippen LogP contribution < -0.4 is 11.2 Å². The van der Waals surface area contributed by atoms with Crippen LogP contribution in [0.5, 0.6) is 5.88 Å². The zero-order valence-corrected chi connectivity index (χ0v) is 14.0. The number of aromatic amines is 2. The standard InChI is InChI=1S/C16H15N7O3/c1-3-23-11-12(22(2)16(26)19-14(11)25)18-15(23)21-20-10-8-6-4-5-7-9(8)17-13(10)24/h4-7,17,24H,3H2,1-2H3,(H,19,25,26). The number of aromatic hydroxyl groups is 1. The van der Waals surface area contributed by atoms with Gasteiger partial charge in [-0.3, -0.25) is 14.3 Å². The summed E-state index contributed by atoms with van der Waals surface area (Å²) < 4.78 is 2.80. The first kappa shape index (κ1) is 15.8. The Morgan fingerprint density at radius 2 is 1.96 bits per heavy atom. The predicted molar refractivity (Wildman–Crippen MR) is 95.4 cm³/mol. The number of azo groups is 1. The second kappa shape index (κ2) is 5.69. The van der Waals surface area contributed by atoms with Crippen molar-refractivity contribution in [2.45, 2.75) is 13.5 Å². The monoisotopic (exact) mass is 353 g/mol. The highest BCUT2D eigenvalue weighted by Crippen LogP contribution is 2.36. The van der Waals surface area contributed by atoms with Gasteiger partial charge in [-0.05, 0) is 13.0 Å². The Balaban J connectivity index is 1.92. The zero-order valence-electron chi connectivity index (χ0n) is 14.0. The van der Waals surface area contributed by atoms with Crippen LogP contribution in [0.15, 0.2) is 44.1 Å². The molecule has 3 N–H and O–H groups in total. The van der Waals surface area contributed by atoms with Crippen LogP contribution in [0.3, 0.4) is 0 Å². The molecular weight excluding hydrogens is 338 g/mol. The van der Waals surface area contributed by atoms with Gasteiger partial charge in [-0.25, -0.2) is 4.79 Å². The van der Waals surface area contributed by atoms with Gasteiger partial charge in [0.25, 0.3) is 11.5 Å². The average molecular weight is 353 g/mol. The molecule has 10 heteroatoms. The molecule has 0 atom stereocenters. The minimum atomic E-state index is -0.555. The van der Waals surface area contributed by atoms with Crippen molar-refractivity contribution in [3.63, 3.8) is 0 Å². The number of para-hydroxylation sites is 1. The molecule has 0 aliphatic rings. The van der Waals surface area contributed by atoms with Crippen molar-refractivity contribution in [3.8, 4) is 5.88 Å². The Kier molecular flexibility index (Phi) is 3.46. The summed E-state index contributed by atoms with van der Waals surface area (Å²) in [4.78, 5) is 33.3. The van der Waals surface area contributed by atoms with Gasteiger partial charge in [0.05, 0.1) is 5.52 Å². The third-order valence-corrected chi connectivity index (χ3v) is 4.20. The third kappa shape index (κ3) is 2.23. The molecule has 10 nitrogen and oxygen atoms in total. The Bertz CT molecular complexity index is 1290. The van der Waals surface area contributed by atoms with Gasteiger partial charge in [-0.15, -0.1) is 10.2 Å². The van der Waals surface area contributed by atoms with E-state index in [2.05, 4.69) is 25.2 Å². The van der Waals surface area contributed by atoms with Crippen molar-refractivity contribution in [2.24, 2.45) is 17.3 Å². The molecule has 132 valence electrons. The lowest BCUT2D eigenvalue weighted by Gasteiger charge is -2.01. The van der Waals surface area contributed by atoms with Crippen molar-refractivity contribution < 1.29 is 5.11 Å². The van der Waals surface area contributed by atoms with Crippen LogP contribution in [-0.2, 0) is 13.6 Å². The number of nitrogens with zero attached hydrogens (tertiary/aromatic N) is 5. The molecule has 4 aromatic rings. The zero-order chi connectivity index (χ0) is 18.4. The number of aromatic nitrogens is 5. The first-order valence-corrected chi connectivity index (χ1v) is 7.92. The number of hydrogen-bond acceptors (Lipinski definition) is 6. The van der Waals surface area contributed by atoms with Crippen LogP contribution in [0.4, 0.5) is 11.6 Å². The average Bonchev–Trinajstić information content (AvgIpc) is 3.15. The van der Waals surface area contributed by atoms with Crippen LogP contribution >= 0.6 is 0 Å². The summed E-state index contributed by atoms with van der Waals surface area (Å²) in [5.74, 6) is 0.0539. The fraction of sp³-hybridized carbons (Fsp3) is 0.188. The summed E-state index contributed by atoms with van der Waals surface area (Å²) >= 11 is 0. The van der Waals surface area contributed by atoms with E-state index in [-0.39, 0.29) is 28.7 Å². The minimum absolute atomic E-state index is 0.112. The maximum atomic E-state index is 12.2. The minimum Gasteiger partial charge on any atom is -0.493 e. The van der Waals surface area contributed by atoms with Crippen LogP contribution in [0.2, 0.25) is 0 Å². The maximum Gasteiger partial charge on any atom is 0.329 e. The molecule has 0 spiro atoms.